The van der Waals surface area contributed by atoms with Crippen LogP contribution in [0.3, 0.4) is 0 Å². The van der Waals surface area contributed by atoms with Gasteiger partial charge in [0.05, 0.1) is 21.9 Å². The molecule has 0 amide bonds. The van der Waals surface area contributed by atoms with Crippen LogP contribution in [0, 0.1) is 0 Å². The molecule has 0 fully saturated rings. The molecule has 0 aliphatic heterocycles. The number of hydrazine groups is 1. The zero-order valence-corrected chi connectivity index (χ0v) is 10.9. The maximum Gasteiger partial charge on any atom is 0.0909 e. The van der Waals surface area contributed by atoms with Crippen LogP contribution in [-0.2, 0) is 0 Å². The van der Waals surface area contributed by atoms with Crippen LogP contribution < -0.4 is 10.9 Å². The fraction of sp³-hybridized carbons (Fsp3) is 0. The van der Waals surface area contributed by atoms with Gasteiger partial charge < -0.3 is 10.9 Å². The Morgan fingerprint density at radius 2 is 1.68 bits per heavy atom. The number of fused-ring (bicyclic) bond motifs is 1. The maximum atomic E-state index is 6.14. The Bertz CT molecular complexity index is 698. The lowest BCUT2D eigenvalue weighted by atomic mass is 10.2. The highest BCUT2D eigenvalue weighted by molar-refractivity contribution is 6.35. The molecule has 3 aromatic rings. The number of rotatable bonds is 3. The van der Waals surface area contributed by atoms with E-state index in [9.17, 15) is 0 Å². The van der Waals surface area contributed by atoms with Gasteiger partial charge in [0.1, 0.15) is 0 Å². The third-order valence-corrected chi connectivity index (χ3v) is 3.14. The van der Waals surface area contributed by atoms with Crippen molar-refractivity contribution >= 4 is 33.9 Å². The van der Waals surface area contributed by atoms with E-state index in [2.05, 4.69) is 15.8 Å². The fourth-order valence-corrected chi connectivity index (χ4v) is 2.13. The molecule has 0 bridgehead atoms. The first-order valence-corrected chi connectivity index (χ1v) is 6.33. The topological polar surface area (TPSA) is 37.0 Å². The molecule has 19 heavy (non-hydrogen) atoms. The zero-order valence-electron chi connectivity index (χ0n) is 10.1. The molecule has 2 aromatic carbocycles. The summed E-state index contributed by atoms with van der Waals surface area (Å²) in [7, 11) is 0. The fourth-order valence-electron chi connectivity index (χ4n) is 1.91. The average molecular weight is 270 g/mol. The third kappa shape index (κ3) is 2.46. The van der Waals surface area contributed by atoms with Crippen molar-refractivity contribution in [3.05, 3.63) is 65.8 Å². The molecule has 0 spiro atoms. The molecule has 0 aliphatic rings. The lowest BCUT2D eigenvalue weighted by molar-refractivity contribution is 1.37. The number of anilines is 2. The second-order valence-electron chi connectivity index (χ2n) is 4.11. The summed E-state index contributed by atoms with van der Waals surface area (Å²) in [6.45, 7) is 0. The first-order chi connectivity index (χ1) is 9.34. The Balaban J connectivity index is 1.91. The Labute approximate surface area is 116 Å². The number of halogens is 1. The summed E-state index contributed by atoms with van der Waals surface area (Å²) >= 11 is 6.14. The largest absolute Gasteiger partial charge is 0.301 e. The van der Waals surface area contributed by atoms with Crippen LogP contribution in [0.15, 0.2) is 60.8 Å². The smallest absolute Gasteiger partial charge is 0.0909 e. The summed E-state index contributed by atoms with van der Waals surface area (Å²) in [6, 6.07) is 17.6. The summed E-state index contributed by atoms with van der Waals surface area (Å²) in [5, 5.41) is 1.64. The molecule has 1 aromatic heterocycles. The molecule has 94 valence electrons. The van der Waals surface area contributed by atoms with Crippen molar-refractivity contribution in [2.45, 2.75) is 0 Å². The van der Waals surface area contributed by atoms with Gasteiger partial charge in [0.15, 0.2) is 0 Å². The van der Waals surface area contributed by atoms with Crippen LogP contribution in [-0.4, -0.2) is 4.98 Å². The lowest BCUT2D eigenvalue weighted by Crippen LogP contribution is -2.08. The van der Waals surface area contributed by atoms with Crippen molar-refractivity contribution in [2.75, 3.05) is 10.9 Å². The third-order valence-electron chi connectivity index (χ3n) is 2.84. The quantitative estimate of drug-likeness (QED) is 0.695. The van der Waals surface area contributed by atoms with Gasteiger partial charge in [-0.15, -0.1) is 0 Å². The summed E-state index contributed by atoms with van der Waals surface area (Å²) in [6.07, 6.45) is 1.74. The average Bonchev–Trinajstić information content (AvgIpc) is 2.47. The molecule has 0 aliphatic carbocycles. The number of aromatic nitrogens is 1. The minimum Gasteiger partial charge on any atom is -0.301 e. The Morgan fingerprint density at radius 1 is 0.842 bits per heavy atom. The van der Waals surface area contributed by atoms with Crippen molar-refractivity contribution in [2.24, 2.45) is 0 Å². The van der Waals surface area contributed by atoms with Gasteiger partial charge in [-0.3, -0.25) is 4.98 Å². The van der Waals surface area contributed by atoms with Crippen molar-refractivity contribution in [3.8, 4) is 0 Å². The van der Waals surface area contributed by atoms with E-state index in [-0.39, 0.29) is 0 Å². The van der Waals surface area contributed by atoms with E-state index < -0.39 is 0 Å². The van der Waals surface area contributed by atoms with Crippen molar-refractivity contribution in [1.29, 1.82) is 0 Å². The molecule has 2 N–H and O–H groups in total. The van der Waals surface area contributed by atoms with Gasteiger partial charge in [-0.25, -0.2) is 0 Å². The minimum absolute atomic E-state index is 0.654. The van der Waals surface area contributed by atoms with Crippen molar-refractivity contribution in [3.63, 3.8) is 0 Å². The second-order valence-corrected chi connectivity index (χ2v) is 4.52. The summed E-state index contributed by atoms with van der Waals surface area (Å²) in [5.74, 6) is 0. The van der Waals surface area contributed by atoms with E-state index in [1.54, 1.807) is 6.20 Å². The van der Waals surface area contributed by atoms with Gasteiger partial charge in [0.25, 0.3) is 0 Å². The van der Waals surface area contributed by atoms with Gasteiger partial charge in [-0.05, 0) is 24.3 Å². The number of para-hydroxylation sites is 2. The molecular weight excluding hydrogens is 258 g/mol. The predicted octanol–water partition coefficient (Wildman–Crippen LogP) is 4.33. The normalized spacial score (nSPS) is 10.4. The number of benzene rings is 2. The van der Waals surface area contributed by atoms with E-state index >= 15 is 0 Å². The maximum absolute atomic E-state index is 6.14. The molecule has 0 saturated carbocycles. The Hall–Kier alpha value is -2.26. The highest BCUT2D eigenvalue weighted by Crippen LogP contribution is 2.26. The molecular formula is C15H12ClN3. The van der Waals surface area contributed by atoms with E-state index in [1.165, 1.54) is 0 Å². The number of pyridine rings is 1. The van der Waals surface area contributed by atoms with Crippen LogP contribution >= 0.6 is 11.6 Å². The van der Waals surface area contributed by atoms with E-state index in [1.807, 2.05) is 54.6 Å². The minimum atomic E-state index is 0.654. The van der Waals surface area contributed by atoms with Crippen molar-refractivity contribution in [1.82, 2.24) is 4.98 Å². The Kier molecular flexibility index (Phi) is 3.21. The number of nitrogens with zero attached hydrogens (tertiary/aromatic N) is 1. The van der Waals surface area contributed by atoms with Crippen LogP contribution in [0.5, 0.6) is 0 Å². The molecule has 0 atom stereocenters. The predicted molar refractivity (Wildman–Crippen MR) is 80.4 cm³/mol. The van der Waals surface area contributed by atoms with E-state index in [0.29, 0.717) is 5.02 Å². The van der Waals surface area contributed by atoms with Gasteiger partial charge >= 0.3 is 0 Å². The van der Waals surface area contributed by atoms with Gasteiger partial charge in [0, 0.05) is 11.6 Å². The standard InChI is InChI=1S/C15H12ClN3/c16-13-8-4-7-12-14(9-10-17-15(12)13)19-18-11-5-2-1-3-6-11/h1-10,18H,(H,17,19). The summed E-state index contributed by atoms with van der Waals surface area (Å²) in [5.41, 5.74) is 9.07. The lowest BCUT2D eigenvalue weighted by Gasteiger charge is -2.12. The number of nitrogens with one attached hydrogen (secondary N) is 2. The monoisotopic (exact) mass is 269 g/mol. The van der Waals surface area contributed by atoms with Crippen LogP contribution in [0.25, 0.3) is 10.9 Å². The molecule has 1 heterocycles. The summed E-state index contributed by atoms with van der Waals surface area (Å²) in [4.78, 5) is 4.30. The highest BCUT2D eigenvalue weighted by atomic mass is 35.5. The van der Waals surface area contributed by atoms with E-state index in [0.717, 1.165) is 22.3 Å². The van der Waals surface area contributed by atoms with E-state index in [4.69, 9.17) is 11.6 Å². The molecule has 3 rings (SSSR count). The van der Waals surface area contributed by atoms with Gasteiger partial charge in [-0.2, -0.15) is 0 Å². The molecule has 3 nitrogen and oxygen atoms in total. The van der Waals surface area contributed by atoms with Gasteiger partial charge in [0.2, 0.25) is 0 Å². The van der Waals surface area contributed by atoms with Gasteiger partial charge in [-0.1, -0.05) is 41.9 Å². The molecule has 0 radical (unpaired) electrons. The first kappa shape index (κ1) is 11.8. The number of hydrogen-bond acceptors (Lipinski definition) is 3. The SMILES string of the molecule is Clc1cccc2c(NNc3ccccc3)ccnc12. The van der Waals surface area contributed by atoms with Crippen LogP contribution in [0.4, 0.5) is 11.4 Å². The van der Waals surface area contributed by atoms with Crippen LogP contribution in [0.2, 0.25) is 5.02 Å². The summed E-state index contributed by atoms with van der Waals surface area (Å²) < 4.78 is 0. The molecule has 0 unspecified atom stereocenters. The second kappa shape index (κ2) is 5.16. The van der Waals surface area contributed by atoms with Crippen molar-refractivity contribution < 1.29 is 0 Å². The Morgan fingerprint density at radius 3 is 2.53 bits per heavy atom. The highest BCUT2D eigenvalue weighted by Gasteiger charge is 2.04. The first-order valence-electron chi connectivity index (χ1n) is 5.95. The molecule has 0 saturated heterocycles. The number of hydrogen-bond donors (Lipinski definition) is 2. The zero-order chi connectivity index (χ0) is 13.1. The molecule has 4 heteroatoms. The van der Waals surface area contributed by atoms with Crippen LogP contribution in [0.1, 0.15) is 0 Å².